The Labute approximate surface area is 555 Å². The number of aromatic amines is 1. The zero-order valence-electron chi connectivity index (χ0n) is 52.0. The number of aromatic nitrogens is 6. The van der Waals surface area contributed by atoms with Crippen molar-refractivity contribution >= 4 is 117 Å². The quantitative estimate of drug-likeness (QED) is 0.0696. The summed E-state index contributed by atoms with van der Waals surface area (Å²) in [5.74, 6) is 2.04. The van der Waals surface area contributed by atoms with Gasteiger partial charge in [-0.05, 0) is 78.5 Å². The van der Waals surface area contributed by atoms with Crippen LogP contribution in [0, 0.1) is 5.92 Å². The molecule has 22 nitrogen and oxygen atoms in total. The molecule has 6 heterocycles. The standard InChI is InChI=1S/C25H34Cl2N8O2.C19H24Cl2N4O2.C18H22Cl2N4O2/c1-33-19(17-8-5-9-18(26)22(17)27)14-20(32-33)34-10-12-35(13-11-34)21(36)15-30-24(37)23(31-25(28)29)16-6-3-2-4-7-16;1-19(2,3)27-18(26)25-10-8-24(9-11-25)16-12-15(23(4)22-16)13-6-5-7-14(20)17(13)21;1-18(2,3)26-17(25)24-9-7-23(8-10-24)15-11-14(21-22-15)12-5-4-6-13(19)16(12)20/h5,8-9,14,16,23H,2-4,6-7,10-13,15H2,1H3,(H,30,37)(H4,28,29,31);5-7,12H,8-11H2,1-4H3;4-6,11H,7-10H2,1-3H3,(H,21,22)/t23-;;/m1../s1. The summed E-state index contributed by atoms with van der Waals surface area (Å²) >= 11 is 37.5. The van der Waals surface area contributed by atoms with Crippen LogP contribution in [0.4, 0.5) is 27.0 Å². The number of carbonyl (C=O) groups excluding carboxylic acids is 4. The first kappa shape index (κ1) is 69.1. The van der Waals surface area contributed by atoms with E-state index < -0.39 is 17.2 Å². The van der Waals surface area contributed by atoms with Gasteiger partial charge in [-0.15, -0.1) is 0 Å². The Morgan fingerprint density at radius 2 is 0.978 bits per heavy atom. The van der Waals surface area contributed by atoms with Crippen LogP contribution in [0.3, 0.4) is 0 Å². The molecule has 3 saturated heterocycles. The van der Waals surface area contributed by atoms with Crippen molar-refractivity contribution in [3.8, 4) is 33.8 Å². The molecule has 0 spiro atoms. The number of hydrogen-bond acceptors (Lipinski definition) is 13. The van der Waals surface area contributed by atoms with Crippen LogP contribution in [-0.4, -0.2) is 177 Å². The molecule has 3 aliphatic heterocycles. The van der Waals surface area contributed by atoms with Crippen molar-refractivity contribution < 1.29 is 28.7 Å². The third kappa shape index (κ3) is 18.2. The maximum absolute atomic E-state index is 12.9. The Hall–Kier alpha value is -6.82. The highest BCUT2D eigenvalue weighted by molar-refractivity contribution is 6.44. The van der Waals surface area contributed by atoms with Gasteiger partial charge < -0.3 is 55.7 Å². The molecule has 4 fully saturated rings. The van der Waals surface area contributed by atoms with Gasteiger partial charge >= 0.3 is 12.2 Å². The number of nitrogens with one attached hydrogen (secondary N) is 2. The van der Waals surface area contributed by atoms with Crippen LogP contribution in [-0.2, 0) is 33.2 Å². The van der Waals surface area contributed by atoms with Crippen molar-refractivity contribution in [3.63, 3.8) is 0 Å². The summed E-state index contributed by atoms with van der Waals surface area (Å²) in [6.07, 6.45) is 4.54. The van der Waals surface area contributed by atoms with E-state index in [1.54, 1.807) is 42.3 Å². The van der Waals surface area contributed by atoms with Crippen LogP contribution in [0.2, 0.25) is 30.1 Å². The molecule has 3 aromatic heterocycles. The third-order valence-corrected chi connectivity index (χ3v) is 18.0. The summed E-state index contributed by atoms with van der Waals surface area (Å²) in [5.41, 5.74) is 15.2. The Kier molecular flexibility index (Phi) is 23.4. The highest BCUT2D eigenvalue weighted by Crippen LogP contribution is 2.38. The summed E-state index contributed by atoms with van der Waals surface area (Å²) in [7, 11) is 3.74. The molecule has 10 rings (SSSR count). The number of amides is 4. The van der Waals surface area contributed by atoms with Gasteiger partial charge in [0.15, 0.2) is 23.4 Å². The molecule has 1 aliphatic carbocycles. The van der Waals surface area contributed by atoms with Crippen molar-refractivity contribution in [1.82, 2.24) is 49.8 Å². The molecule has 6 N–H and O–H groups in total. The van der Waals surface area contributed by atoms with Crippen LogP contribution in [0.25, 0.3) is 33.8 Å². The molecule has 486 valence electrons. The van der Waals surface area contributed by atoms with Crippen molar-refractivity contribution in [2.45, 2.75) is 90.9 Å². The lowest BCUT2D eigenvalue weighted by atomic mass is 9.83. The first-order valence-electron chi connectivity index (χ1n) is 30.0. The Balaban J connectivity index is 0.000000178. The second-order valence-electron chi connectivity index (χ2n) is 24.4. The van der Waals surface area contributed by atoms with Crippen molar-refractivity contribution in [2.24, 2.45) is 36.5 Å². The van der Waals surface area contributed by atoms with Crippen molar-refractivity contribution in [3.05, 3.63) is 103 Å². The Morgan fingerprint density at radius 1 is 0.578 bits per heavy atom. The number of halogens is 6. The van der Waals surface area contributed by atoms with Gasteiger partial charge in [0, 0.05) is 128 Å². The lowest BCUT2D eigenvalue weighted by molar-refractivity contribution is -0.133. The molecule has 0 unspecified atom stereocenters. The maximum Gasteiger partial charge on any atom is 0.410 e. The number of aryl methyl sites for hydroxylation is 2. The maximum atomic E-state index is 12.9. The van der Waals surface area contributed by atoms with Crippen molar-refractivity contribution in [2.75, 3.05) is 99.8 Å². The van der Waals surface area contributed by atoms with E-state index in [4.69, 9.17) is 90.5 Å². The molecule has 3 aromatic carbocycles. The topological polar surface area (TPSA) is 247 Å². The van der Waals surface area contributed by atoms with E-state index in [1.165, 1.54) is 0 Å². The number of nitrogens with zero attached hydrogens (tertiary/aromatic N) is 12. The minimum Gasteiger partial charge on any atom is -0.444 e. The summed E-state index contributed by atoms with van der Waals surface area (Å²) in [4.78, 5) is 65.9. The molecule has 0 bridgehead atoms. The average Bonchev–Trinajstić information content (AvgIpc) is 2.15. The van der Waals surface area contributed by atoms with E-state index in [2.05, 4.69) is 45.4 Å². The van der Waals surface area contributed by atoms with E-state index >= 15 is 0 Å². The fourth-order valence-electron chi connectivity index (χ4n) is 10.9. The highest BCUT2D eigenvalue weighted by Gasteiger charge is 2.33. The lowest BCUT2D eigenvalue weighted by Gasteiger charge is -2.35. The monoisotopic (exact) mass is 1350 g/mol. The highest BCUT2D eigenvalue weighted by atomic mass is 35.5. The zero-order chi connectivity index (χ0) is 65.2. The van der Waals surface area contributed by atoms with Crippen LogP contribution in [0.5, 0.6) is 0 Å². The third-order valence-electron chi connectivity index (χ3n) is 15.5. The van der Waals surface area contributed by atoms with Crippen LogP contribution in [0.1, 0.15) is 73.6 Å². The Morgan fingerprint density at radius 3 is 1.40 bits per heavy atom. The second kappa shape index (κ2) is 30.5. The van der Waals surface area contributed by atoms with Gasteiger partial charge in [0.25, 0.3) is 0 Å². The predicted molar refractivity (Wildman–Crippen MR) is 359 cm³/mol. The van der Waals surface area contributed by atoms with Crippen LogP contribution < -0.4 is 31.5 Å². The fraction of sp³-hybridized carbons (Fsp3) is 0.484. The van der Waals surface area contributed by atoms with Gasteiger partial charge in [0.2, 0.25) is 11.8 Å². The van der Waals surface area contributed by atoms with Crippen molar-refractivity contribution in [1.29, 1.82) is 0 Å². The lowest BCUT2D eigenvalue weighted by Crippen LogP contribution is -2.52. The number of ether oxygens (including phenoxy) is 2. The minimum absolute atomic E-state index is 0.0803. The number of hydrogen-bond donors (Lipinski definition) is 4. The van der Waals surface area contributed by atoms with E-state index in [0.29, 0.717) is 109 Å². The van der Waals surface area contributed by atoms with E-state index in [1.807, 2.05) is 110 Å². The average molecular weight is 1360 g/mol. The first-order chi connectivity index (χ1) is 42.6. The number of anilines is 3. The fourth-order valence-corrected chi connectivity index (χ4v) is 12.1. The van der Waals surface area contributed by atoms with Gasteiger partial charge in [0.05, 0.1) is 53.8 Å². The summed E-state index contributed by atoms with van der Waals surface area (Å²) in [5, 5.41) is 22.4. The first-order valence-corrected chi connectivity index (χ1v) is 32.2. The molecule has 6 aromatic rings. The number of carbonyl (C=O) groups is 4. The number of rotatable bonds is 11. The van der Waals surface area contributed by atoms with Gasteiger partial charge in [-0.1, -0.05) is 125 Å². The van der Waals surface area contributed by atoms with E-state index in [-0.39, 0.29) is 42.4 Å². The molecule has 28 heteroatoms. The molecule has 4 aliphatic rings. The predicted octanol–water partition coefficient (Wildman–Crippen LogP) is 11.3. The summed E-state index contributed by atoms with van der Waals surface area (Å²) in [6.45, 7) is 18.6. The number of guanidine groups is 1. The van der Waals surface area contributed by atoms with Gasteiger partial charge in [0.1, 0.15) is 17.2 Å². The van der Waals surface area contributed by atoms with E-state index in [9.17, 15) is 19.2 Å². The second-order valence-corrected chi connectivity index (χ2v) is 26.7. The number of benzene rings is 3. The minimum atomic E-state index is -0.652. The smallest absolute Gasteiger partial charge is 0.410 e. The number of H-pyrrole nitrogens is 1. The van der Waals surface area contributed by atoms with Gasteiger partial charge in [-0.3, -0.25) is 24.1 Å². The molecule has 1 saturated carbocycles. The van der Waals surface area contributed by atoms with Gasteiger partial charge in [-0.25, -0.2) is 14.6 Å². The van der Waals surface area contributed by atoms with Gasteiger partial charge in [-0.2, -0.15) is 15.3 Å². The molecule has 4 amide bonds. The molecular formula is C62H80Cl6N16O6. The summed E-state index contributed by atoms with van der Waals surface area (Å²) in [6, 6.07) is 21.8. The molecule has 0 radical (unpaired) electrons. The molecule has 90 heavy (non-hydrogen) atoms. The number of piperazine rings is 3. The molecular weight excluding hydrogens is 1280 g/mol. The van der Waals surface area contributed by atoms with E-state index in [0.717, 1.165) is 83.3 Å². The van der Waals surface area contributed by atoms with Crippen LogP contribution >= 0.6 is 69.6 Å². The normalized spacial score (nSPS) is 16.1. The summed E-state index contributed by atoms with van der Waals surface area (Å²) < 4.78 is 14.4. The number of aliphatic imine (C=N–C) groups is 1. The Bertz CT molecular complexity index is 3490. The molecule has 1 atom stereocenters. The van der Waals surface area contributed by atoms with Crippen LogP contribution in [0.15, 0.2) is 77.8 Å². The number of nitrogens with two attached hydrogens (primary N) is 2. The zero-order valence-corrected chi connectivity index (χ0v) is 56.6. The largest absolute Gasteiger partial charge is 0.444 e. The SMILES string of the molecule is CC(C)(C)OC(=O)N1CCN(c2cc(-c3cccc(Cl)c3Cl)[nH]n2)CC1.Cn1nc(N2CCN(C(=O)CNC(=O)[C@H](N=C(N)N)C3CCCCC3)CC2)cc1-c1cccc(Cl)c1Cl.Cn1nc(N2CCN(C(=O)OC(C)(C)C)CC2)cc1-c1cccc(Cl)c1Cl.